The van der Waals surface area contributed by atoms with Crippen molar-refractivity contribution in [3.63, 3.8) is 0 Å². The molecule has 0 saturated carbocycles. The number of aromatic nitrogens is 2. The van der Waals surface area contributed by atoms with Crippen LogP contribution in [0, 0.1) is 0 Å². The Morgan fingerprint density at radius 1 is 1.24 bits per heavy atom. The van der Waals surface area contributed by atoms with Crippen LogP contribution in [-0.4, -0.2) is 9.97 Å². The van der Waals surface area contributed by atoms with Crippen molar-refractivity contribution in [1.29, 1.82) is 0 Å². The molecule has 0 aliphatic rings. The van der Waals surface area contributed by atoms with E-state index in [4.69, 9.17) is 10.5 Å². The first-order chi connectivity index (χ1) is 10.1. The van der Waals surface area contributed by atoms with Gasteiger partial charge in [-0.05, 0) is 24.3 Å². The van der Waals surface area contributed by atoms with Crippen molar-refractivity contribution < 1.29 is 4.74 Å². The molecule has 1 aromatic heterocycles. The van der Waals surface area contributed by atoms with E-state index in [0.717, 1.165) is 10.0 Å². The number of halogens is 1. The van der Waals surface area contributed by atoms with Gasteiger partial charge in [-0.25, -0.2) is 0 Å². The van der Waals surface area contributed by atoms with Gasteiger partial charge in [-0.3, -0.25) is 9.78 Å². The van der Waals surface area contributed by atoms with Crippen LogP contribution in [0.2, 0.25) is 0 Å². The largest absolute Gasteiger partial charge is 0.460 e. The molecule has 2 aromatic carbocycles. The SMILES string of the molecule is Nc1ccc2nc(OCc3ccccc3Br)[nH]c(=O)c2c1. The van der Waals surface area contributed by atoms with E-state index in [1.165, 1.54) is 0 Å². The number of hydrogen-bond acceptors (Lipinski definition) is 4. The van der Waals surface area contributed by atoms with Gasteiger partial charge in [0, 0.05) is 15.7 Å². The number of nitrogen functional groups attached to an aromatic ring is 1. The zero-order valence-electron chi connectivity index (χ0n) is 11.0. The molecule has 0 amide bonds. The van der Waals surface area contributed by atoms with Gasteiger partial charge in [0.2, 0.25) is 0 Å². The number of H-pyrrole nitrogens is 1. The van der Waals surface area contributed by atoms with Gasteiger partial charge in [0.05, 0.1) is 10.9 Å². The van der Waals surface area contributed by atoms with Crippen LogP contribution in [-0.2, 0) is 6.61 Å². The summed E-state index contributed by atoms with van der Waals surface area (Å²) in [6.45, 7) is 0.310. The molecule has 3 aromatic rings. The van der Waals surface area contributed by atoms with Crippen molar-refractivity contribution in [1.82, 2.24) is 9.97 Å². The topological polar surface area (TPSA) is 81.0 Å². The van der Waals surface area contributed by atoms with E-state index < -0.39 is 0 Å². The number of ether oxygens (including phenoxy) is 1. The lowest BCUT2D eigenvalue weighted by molar-refractivity contribution is 0.280. The summed E-state index contributed by atoms with van der Waals surface area (Å²) in [4.78, 5) is 18.9. The molecular weight excluding hydrogens is 334 g/mol. The fraction of sp³-hybridized carbons (Fsp3) is 0.0667. The van der Waals surface area contributed by atoms with Gasteiger partial charge in [0.25, 0.3) is 11.6 Å². The fourth-order valence-corrected chi connectivity index (χ4v) is 2.36. The van der Waals surface area contributed by atoms with E-state index in [-0.39, 0.29) is 11.6 Å². The van der Waals surface area contributed by atoms with Crippen LogP contribution in [0.25, 0.3) is 10.9 Å². The number of anilines is 1. The molecule has 21 heavy (non-hydrogen) atoms. The zero-order valence-corrected chi connectivity index (χ0v) is 12.6. The number of rotatable bonds is 3. The predicted octanol–water partition coefficient (Wildman–Crippen LogP) is 2.85. The van der Waals surface area contributed by atoms with E-state index >= 15 is 0 Å². The Kier molecular flexibility index (Phi) is 3.62. The van der Waals surface area contributed by atoms with Crippen LogP contribution in [0.1, 0.15) is 5.56 Å². The summed E-state index contributed by atoms with van der Waals surface area (Å²) in [7, 11) is 0. The summed E-state index contributed by atoms with van der Waals surface area (Å²) in [6.07, 6.45) is 0. The third kappa shape index (κ3) is 2.90. The third-order valence-corrected chi connectivity index (χ3v) is 3.80. The average Bonchev–Trinajstić information content (AvgIpc) is 2.47. The van der Waals surface area contributed by atoms with Crippen molar-refractivity contribution in [3.8, 4) is 6.01 Å². The fourth-order valence-electron chi connectivity index (χ4n) is 1.96. The van der Waals surface area contributed by atoms with Crippen LogP contribution in [0.5, 0.6) is 6.01 Å². The maximum Gasteiger partial charge on any atom is 0.297 e. The Morgan fingerprint density at radius 3 is 2.86 bits per heavy atom. The molecule has 0 saturated heterocycles. The second kappa shape index (κ2) is 5.57. The predicted molar refractivity (Wildman–Crippen MR) is 85.3 cm³/mol. The van der Waals surface area contributed by atoms with Crippen LogP contribution in [0.4, 0.5) is 5.69 Å². The first kappa shape index (κ1) is 13.6. The van der Waals surface area contributed by atoms with Crippen molar-refractivity contribution >= 4 is 32.5 Å². The second-order valence-electron chi connectivity index (χ2n) is 4.53. The summed E-state index contributed by atoms with van der Waals surface area (Å²) in [5.41, 5.74) is 7.44. The molecule has 0 fully saturated rings. The summed E-state index contributed by atoms with van der Waals surface area (Å²) >= 11 is 3.45. The first-order valence-electron chi connectivity index (χ1n) is 6.29. The number of aromatic amines is 1. The molecule has 3 N–H and O–H groups in total. The molecule has 0 spiro atoms. The van der Waals surface area contributed by atoms with Gasteiger partial charge in [-0.15, -0.1) is 0 Å². The molecule has 0 bridgehead atoms. The standard InChI is InChI=1S/C15H12BrN3O2/c16-12-4-2-1-3-9(12)8-21-15-18-13-6-5-10(17)7-11(13)14(20)19-15/h1-7H,8,17H2,(H,18,19,20). The average molecular weight is 346 g/mol. The van der Waals surface area contributed by atoms with E-state index in [0.29, 0.717) is 23.2 Å². The van der Waals surface area contributed by atoms with Gasteiger partial charge in [-0.1, -0.05) is 34.1 Å². The molecular formula is C15H12BrN3O2. The van der Waals surface area contributed by atoms with E-state index in [1.54, 1.807) is 18.2 Å². The number of nitrogens with two attached hydrogens (primary N) is 1. The van der Waals surface area contributed by atoms with Gasteiger partial charge >= 0.3 is 0 Å². The van der Waals surface area contributed by atoms with Gasteiger partial charge in [-0.2, -0.15) is 4.98 Å². The van der Waals surface area contributed by atoms with Crippen molar-refractivity contribution in [2.45, 2.75) is 6.61 Å². The highest BCUT2D eigenvalue weighted by molar-refractivity contribution is 9.10. The van der Waals surface area contributed by atoms with Gasteiger partial charge in [0.15, 0.2) is 0 Å². The normalized spacial score (nSPS) is 10.7. The molecule has 0 radical (unpaired) electrons. The maximum atomic E-state index is 12.0. The zero-order chi connectivity index (χ0) is 14.8. The molecule has 3 rings (SSSR count). The molecule has 6 heteroatoms. The maximum absolute atomic E-state index is 12.0. The molecule has 5 nitrogen and oxygen atoms in total. The lowest BCUT2D eigenvalue weighted by Gasteiger charge is -2.07. The number of benzene rings is 2. The molecule has 106 valence electrons. The smallest absolute Gasteiger partial charge is 0.297 e. The van der Waals surface area contributed by atoms with Gasteiger partial charge in [0.1, 0.15) is 6.61 Å². The Morgan fingerprint density at radius 2 is 2.05 bits per heavy atom. The molecule has 0 unspecified atom stereocenters. The highest BCUT2D eigenvalue weighted by atomic mass is 79.9. The highest BCUT2D eigenvalue weighted by Gasteiger charge is 2.06. The summed E-state index contributed by atoms with van der Waals surface area (Å²) in [6, 6.07) is 12.9. The Bertz CT molecular complexity index is 861. The number of nitrogens with one attached hydrogen (secondary N) is 1. The van der Waals surface area contributed by atoms with Crippen LogP contribution < -0.4 is 16.0 Å². The summed E-state index contributed by atoms with van der Waals surface area (Å²) in [5.74, 6) is 0. The highest BCUT2D eigenvalue weighted by Crippen LogP contribution is 2.18. The second-order valence-corrected chi connectivity index (χ2v) is 5.38. The quantitative estimate of drug-likeness (QED) is 0.715. The number of nitrogens with zero attached hydrogens (tertiary/aromatic N) is 1. The first-order valence-corrected chi connectivity index (χ1v) is 7.08. The van der Waals surface area contributed by atoms with Crippen LogP contribution in [0.15, 0.2) is 51.7 Å². The molecule has 0 aliphatic heterocycles. The van der Waals surface area contributed by atoms with Crippen molar-refractivity contribution in [2.75, 3.05) is 5.73 Å². The van der Waals surface area contributed by atoms with Crippen molar-refractivity contribution in [2.24, 2.45) is 0 Å². The Hall–Kier alpha value is -2.34. The number of fused-ring (bicyclic) bond motifs is 1. The van der Waals surface area contributed by atoms with Crippen LogP contribution >= 0.6 is 15.9 Å². The monoisotopic (exact) mass is 345 g/mol. The summed E-state index contributed by atoms with van der Waals surface area (Å²) in [5, 5.41) is 0.447. The minimum Gasteiger partial charge on any atom is -0.460 e. The van der Waals surface area contributed by atoms with E-state index in [1.807, 2.05) is 24.3 Å². The third-order valence-electron chi connectivity index (χ3n) is 3.03. The summed E-state index contributed by atoms with van der Waals surface area (Å²) < 4.78 is 6.51. The van der Waals surface area contributed by atoms with E-state index in [9.17, 15) is 4.79 Å². The Balaban J connectivity index is 1.90. The van der Waals surface area contributed by atoms with Crippen LogP contribution in [0.3, 0.4) is 0 Å². The molecule has 1 heterocycles. The van der Waals surface area contributed by atoms with Gasteiger partial charge < -0.3 is 10.5 Å². The minimum absolute atomic E-state index is 0.188. The van der Waals surface area contributed by atoms with E-state index in [2.05, 4.69) is 25.9 Å². The number of hydrogen-bond donors (Lipinski definition) is 2. The lowest BCUT2D eigenvalue weighted by atomic mass is 10.2. The molecule has 0 aliphatic carbocycles. The molecule has 0 atom stereocenters. The Labute approximate surface area is 128 Å². The lowest BCUT2D eigenvalue weighted by Crippen LogP contribution is -2.11. The van der Waals surface area contributed by atoms with Crippen molar-refractivity contribution in [3.05, 3.63) is 62.9 Å². The minimum atomic E-state index is -0.269.